The number of aromatic nitrogens is 2. The van der Waals surface area contributed by atoms with E-state index in [9.17, 15) is 9.59 Å². The molecule has 0 unspecified atom stereocenters. The summed E-state index contributed by atoms with van der Waals surface area (Å²) in [5.41, 5.74) is 2.31. The first-order valence-electron chi connectivity index (χ1n) is 9.74. The fraction of sp³-hybridized carbons (Fsp3) is 0.174. The van der Waals surface area contributed by atoms with Crippen LogP contribution in [0, 0.1) is 0 Å². The lowest BCUT2D eigenvalue weighted by molar-refractivity contribution is -0.118. The monoisotopic (exact) mass is 434 g/mol. The van der Waals surface area contributed by atoms with Crippen molar-refractivity contribution in [1.29, 1.82) is 0 Å². The molecule has 2 amide bonds. The van der Waals surface area contributed by atoms with Gasteiger partial charge in [-0.1, -0.05) is 30.3 Å². The first-order chi connectivity index (χ1) is 15.0. The third-order valence-corrected chi connectivity index (χ3v) is 5.74. The second-order valence-corrected chi connectivity index (χ2v) is 7.95. The maximum atomic E-state index is 13.1. The van der Waals surface area contributed by atoms with Gasteiger partial charge in [-0.3, -0.25) is 9.59 Å². The summed E-state index contributed by atoms with van der Waals surface area (Å²) in [5.74, 6) is 0.0790. The number of hydrogen-bond acceptors (Lipinski definition) is 5. The number of anilines is 1. The van der Waals surface area contributed by atoms with Gasteiger partial charge in [-0.25, -0.2) is 4.98 Å². The van der Waals surface area contributed by atoms with Gasteiger partial charge in [0.05, 0.1) is 7.11 Å². The van der Waals surface area contributed by atoms with Crippen LogP contribution in [0.4, 0.5) is 5.13 Å². The highest BCUT2D eigenvalue weighted by atomic mass is 32.1. The quantitative estimate of drug-likeness (QED) is 0.465. The Hall–Kier alpha value is -3.65. The summed E-state index contributed by atoms with van der Waals surface area (Å²) >= 11 is 1.33. The molecule has 0 fully saturated rings. The van der Waals surface area contributed by atoms with Gasteiger partial charge in [-0.15, -0.1) is 11.3 Å². The highest BCUT2D eigenvalue weighted by Gasteiger charge is 2.24. The predicted molar refractivity (Wildman–Crippen MR) is 122 cm³/mol. The van der Waals surface area contributed by atoms with Crippen LogP contribution in [0.25, 0.3) is 10.9 Å². The Bertz CT molecular complexity index is 1200. The molecule has 0 radical (unpaired) electrons. The lowest BCUT2D eigenvalue weighted by Crippen LogP contribution is -2.45. The van der Waals surface area contributed by atoms with Crippen LogP contribution in [0.1, 0.15) is 16.1 Å². The average Bonchev–Trinajstić information content (AvgIpc) is 3.41. The second-order valence-electron chi connectivity index (χ2n) is 7.06. The number of hydrogen-bond donors (Lipinski definition) is 2. The van der Waals surface area contributed by atoms with Gasteiger partial charge in [-0.2, -0.15) is 0 Å². The fourth-order valence-corrected chi connectivity index (χ4v) is 3.97. The van der Waals surface area contributed by atoms with Crippen LogP contribution in [0.15, 0.2) is 66.2 Å². The van der Waals surface area contributed by atoms with E-state index in [0.29, 0.717) is 17.2 Å². The molecule has 0 saturated heterocycles. The molecule has 0 aliphatic heterocycles. The number of rotatable bonds is 7. The predicted octanol–water partition coefficient (Wildman–Crippen LogP) is 3.62. The van der Waals surface area contributed by atoms with Crippen LogP contribution in [-0.2, 0) is 18.3 Å². The minimum atomic E-state index is -0.758. The Morgan fingerprint density at radius 2 is 1.97 bits per heavy atom. The van der Waals surface area contributed by atoms with Crippen molar-refractivity contribution in [1.82, 2.24) is 14.9 Å². The largest absolute Gasteiger partial charge is 0.497 e. The third kappa shape index (κ3) is 4.59. The van der Waals surface area contributed by atoms with Crippen molar-refractivity contribution in [2.45, 2.75) is 12.5 Å². The number of nitrogens with one attached hydrogen (secondary N) is 2. The van der Waals surface area contributed by atoms with E-state index in [1.165, 1.54) is 11.3 Å². The molecule has 2 N–H and O–H groups in total. The number of benzene rings is 2. The first-order valence-corrected chi connectivity index (χ1v) is 10.6. The second kappa shape index (κ2) is 9.01. The number of carbonyl (C=O) groups excluding carboxylic acids is 2. The molecule has 2 heterocycles. The van der Waals surface area contributed by atoms with Crippen LogP contribution in [0.2, 0.25) is 0 Å². The number of nitrogens with zero attached hydrogens (tertiary/aromatic N) is 2. The Kier molecular flexibility index (Phi) is 5.99. The van der Waals surface area contributed by atoms with Crippen LogP contribution < -0.4 is 15.4 Å². The Morgan fingerprint density at radius 1 is 1.16 bits per heavy atom. The zero-order valence-electron chi connectivity index (χ0n) is 17.2. The van der Waals surface area contributed by atoms with Crippen LogP contribution >= 0.6 is 11.3 Å². The van der Waals surface area contributed by atoms with Crippen LogP contribution in [0.5, 0.6) is 5.75 Å². The maximum Gasteiger partial charge on any atom is 0.268 e. The van der Waals surface area contributed by atoms with Crippen molar-refractivity contribution in [3.8, 4) is 5.75 Å². The molecular weight excluding hydrogens is 412 g/mol. The molecule has 4 aromatic rings. The fourth-order valence-electron chi connectivity index (χ4n) is 3.44. The molecule has 7 nitrogen and oxygen atoms in total. The zero-order chi connectivity index (χ0) is 21.8. The summed E-state index contributed by atoms with van der Waals surface area (Å²) in [4.78, 5) is 30.2. The molecule has 0 aliphatic rings. The molecule has 2 aromatic heterocycles. The molecule has 0 spiro atoms. The van der Waals surface area contributed by atoms with Gasteiger partial charge < -0.3 is 19.9 Å². The highest BCUT2D eigenvalue weighted by molar-refractivity contribution is 7.13. The average molecular weight is 435 g/mol. The summed E-state index contributed by atoms with van der Waals surface area (Å²) in [6.45, 7) is 0. The van der Waals surface area contributed by atoms with Gasteiger partial charge in [-0.05, 0) is 29.8 Å². The lowest BCUT2D eigenvalue weighted by atomic mass is 10.1. The van der Waals surface area contributed by atoms with E-state index in [-0.39, 0.29) is 11.8 Å². The number of thiazole rings is 1. The molecule has 1 atom stereocenters. The van der Waals surface area contributed by atoms with Crippen LogP contribution in [-0.4, -0.2) is 34.5 Å². The van der Waals surface area contributed by atoms with Gasteiger partial charge in [0.25, 0.3) is 5.91 Å². The van der Waals surface area contributed by atoms with Crippen molar-refractivity contribution >= 4 is 39.2 Å². The van der Waals surface area contributed by atoms with Gasteiger partial charge >= 0.3 is 0 Å². The minimum absolute atomic E-state index is 0.312. The van der Waals surface area contributed by atoms with E-state index >= 15 is 0 Å². The van der Waals surface area contributed by atoms with E-state index in [1.54, 1.807) is 24.8 Å². The molecule has 0 saturated carbocycles. The number of fused-ring (bicyclic) bond motifs is 1. The highest BCUT2D eigenvalue weighted by Crippen LogP contribution is 2.24. The molecule has 2 aromatic carbocycles. The van der Waals surface area contributed by atoms with Crippen molar-refractivity contribution < 1.29 is 14.3 Å². The minimum Gasteiger partial charge on any atom is -0.497 e. The molecule has 31 heavy (non-hydrogen) atoms. The van der Waals surface area contributed by atoms with Crippen molar-refractivity contribution in [3.05, 3.63) is 77.4 Å². The topological polar surface area (TPSA) is 85.2 Å². The van der Waals surface area contributed by atoms with Crippen molar-refractivity contribution in [2.24, 2.45) is 7.05 Å². The summed E-state index contributed by atoms with van der Waals surface area (Å²) in [7, 11) is 3.43. The smallest absolute Gasteiger partial charge is 0.268 e. The molecule has 158 valence electrons. The van der Waals surface area contributed by atoms with Crippen molar-refractivity contribution in [3.63, 3.8) is 0 Å². The molecule has 0 bridgehead atoms. The number of aryl methyl sites for hydroxylation is 1. The number of ether oxygens (including phenoxy) is 1. The van der Waals surface area contributed by atoms with Crippen molar-refractivity contribution in [2.75, 3.05) is 12.4 Å². The van der Waals surface area contributed by atoms with E-state index in [0.717, 1.165) is 22.2 Å². The summed E-state index contributed by atoms with van der Waals surface area (Å²) in [6.07, 6.45) is 1.98. The number of methoxy groups -OCH3 is 1. The SMILES string of the molecule is COc1ccc2c(c1)cc(C(=O)N[C@H](Cc1ccccc1)C(=O)Nc1nccs1)n2C. The van der Waals surface area contributed by atoms with E-state index in [1.807, 2.05) is 60.1 Å². The Morgan fingerprint density at radius 3 is 2.68 bits per heavy atom. The van der Waals surface area contributed by atoms with Gasteiger partial charge in [0.1, 0.15) is 17.5 Å². The van der Waals surface area contributed by atoms with Gasteiger partial charge in [0, 0.05) is 35.9 Å². The summed E-state index contributed by atoms with van der Waals surface area (Å²) < 4.78 is 7.08. The maximum absolute atomic E-state index is 13.1. The van der Waals surface area contributed by atoms with E-state index in [4.69, 9.17) is 4.74 Å². The number of carbonyl (C=O) groups is 2. The molecule has 8 heteroatoms. The summed E-state index contributed by atoms with van der Waals surface area (Å²) in [5, 5.41) is 8.85. The van der Waals surface area contributed by atoms with E-state index in [2.05, 4.69) is 15.6 Å². The molecular formula is C23H22N4O3S. The first kappa shape index (κ1) is 20.6. The van der Waals surface area contributed by atoms with E-state index < -0.39 is 6.04 Å². The lowest BCUT2D eigenvalue weighted by Gasteiger charge is -2.18. The third-order valence-electron chi connectivity index (χ3n) is 5.05. The molecule has 4 rings (SSSR count). The normalized spacial score (nSPS) is 11.8. The Labute approximate surface area is 183 Å². The van der Waals surface area contributed by atoms with Gasteiger partial charge in [0.2, 0.25) is 5.91 Å². The van der Waals surface area contributed by atoms with Crippen LogP contribution in [0.3, 0.4) is 0 Å². The van der Waals surface area contributed by atoms with Gasteiger partial charge in [0.15, 0.2) is 5.13 Å². The zero-order valence-corrected chi connectivity index (χ0v) is 18.0. The summed E-state index contributed by atoms with van der Waals surface area (Å²) in [6, 6.07) is 16.3. The Balaban J connectivity index is 1.59. The molecule has 0 aliphatic carbocycles. The standard InChI is InChI=1S/C23H22N4O3S/c1-27-19-9-8-17(30-2)13-16(19)14-20(27)22(29)25-18(12-15-6-4-3-5-7-15)21(28)26-23-24-10-11-31-23/h3-11,13-14,18H,12H2,1-2H3,(H,25,29)(H,24,26,28)/t18-/m1/s1. The number of amides is 2.